The summed E-state index contributed by atoms with van der Waals surface area (Å²) in [6.07, 6.45) is 6.18. The highest BCUT2D eigenvalue weighted by Gasteiger charge is 2.40. The lowest BCUT2D eigenvalue weighted by Crippen LogP contribution is -2.50. The minimum absolute atomic E-state index is 0.181. The molecule has 1 aromatic rings. The molecule has 3 aliphatic heterocycles. The Morgan fingerprint density at radius 2 is 1.96 bits per heavy atom. The zero-order valence-electron chi connectivity index (χ0n) is 13.6. The van der Waals surface area contributed by atoms with Crippen LogP contribution in [0.3, 0.4) is 0 Å². The summed E-state index contributed by atoms with van der Waals surface area (Å²) in [6, 6.07) is 5.85. The van der Waals surface area contributed by atoms with E-state index in [1.54, 1.807) is 7.11 Å². The van der Waals surface area contributed by atoms with Crippen molar-refractivity contribution in [2.45, 2.75) is 25.7 Å². The largest absolute Gasteiger partial charge is 0.496 e. The first-order chi connectivity index (χ1) is 11.2. The van der Waals surface area contributed by atoms with Crippen molar-refractivity contribution in [1.82, 2.24) is 4.90 Å². The van der Waals surface area contributed by atoms with Gasteiger partial charge >= 0.3 is 5.97 Å². The van der Waals surface area contributed by atoms with Gasteiger partial charge in [0.25, 0.3) is 0 Å². The van der Waals surface area contributed by atoms with Gasteiger partial charge in [-0.1, -0.05) is 18.2 Å². The molecule has 0 unspecified atom stereocenters. The van der Waals surface area contributed by atoms with Crippen molar-refractivity contribution in [2.75, 3.05) is 33.4 Å². The molecule has 3 fully saturated rings. The number of rotatable bonds is 4. The lowest BCUT2D eigenvalue weighted by atomic mass is 9.73. The summed E-state index contributed by atoms with van der Waals surface area (Å²) in [5, 5.41) is 0. The summed E-state index contributed by atoms with van der Waals surface area (Å²) >= 11 is 0. The molecule has 2 bridgehead atoms. The molecule has 0 N–H and O–H groups in total. The molecule has 1 aromatic carbocycles. The van der Waals surface area contributed by atoms with Crippen LogP contribution in [-0.4, -0.2) is 44.2 Å². The first-order valence-electron chi connectivity index (χ1n) is 8.47. The number of benzene rings is 1. The summed E-state index contributed by atoms with van der Waals surface area (Å²) in [4.78, 5) is 15.1. The second-order valence-electron chi connectivity index (χ2n) is 6.98. The number of hydrogen-bond donors (Lipinski definition) is 0. The van der Waals surface area contributed by atoms with Crippen LogP contribution in [-0.2, 0) is 16.0 Å². The fourth-order valence-electron chi connectivity index (χ4n) is 4.14. The van der Waals surface area contributed by atoms with Gasteiger partial charge in [0.05, 0.1) is 19.3 Å². The monoisotopic (exact) mass is 313 g/mol. The van der Waals surface area contributed by atoms with Crippen molar-refractivity contribution in [3.05, 3.63) is 35.4 Å². The molecule has 0 aromatic heterocycles. The molecule has 122 valence electrons. The number of allylic oxidation sites excluding steroid dienone is 1. The van der Waals surface area contributed by atoms with Crippen LogP contribution in [0.25, 0.3) is 5.57 Å². The van der Waals surface area contributed by atoms with Gasteiger partial charge < -0.3 is 14.4 Å². The van der Waals surface area contributed by atoms with E-state index in [2.05, 4.69) is 4.90 Å². The van der Waals surface area contributed by atoms with E-state index in [0.29, 0.717) is 12.2 Å². The van der Waals surface area contributed by atoms with E-state index in [4.69, 9.17) is 9.47 Å². The molecule has 4 aliphatic rings. The molecular weight excluding hydrogens is 290 g/mol. The minimum atomic E-state index is -0.181. The zero-order chi connectivity index (χ0) is 15.9. The maximum absolute atomic E-state index is 12.6. The lowest BCUT2D eigenvalue weighted by Gasteiger charge is -2.47. The van der Waals surface area contributed by atoms with Gasteiger partial charge in [0.1, 0.15) is 5.75 Å². The van der Waals surface area contributed by atoms with E-state index in [9.17, 15) is 4.79 Å². The molecular formula is C19H23NO3. The Bertz CT molecular complexity index is 643. The SMILES string of the molecule is COc1cccc2c1CC=C2C(=O)OCC12CCN(CC1)CC2. The van der Waals surface area contributed by atoms with Crippen molar-refractivity contribution in [3.8, 4) is 5.75 Å². The van der Waals surface area contributed by atoms with Crippen LogP contribution in [0, 0.1) is 5.41 Å². The third-order valence-electron chi connectivity index (χ3n) is 5.76. The van der Waals surface area contributed by atoms with E-state index >= 15 is 0 Å². The molecule has 4 nitrogen and oxygen atoms in total. The van der Waals surface area contributed by atoms with Gasteiger partial charge in [-0.15, -0.1) is 0 Å². The maximum atomic E-state index is 12.6. The van der Waals surface area contributed by atoms with Crippen LogP contribution in [0.2, 0.25) is 0 Å². The van der Waals surface area contributed by atoms with E-state index in [1.807, 2.05) is 24.3 Å². The van der Waals surface area contributed by atoms with E-state index in [1.165, 1.54) is 0 Å². The van der Waals surface area contributed by atoms with Crippen molar-refractivity contribution in [3.63, 3.8) is 0 Å². The zero-order valence-corrected chi connectivity index (χ0v) is 13.6. The highest BCUT2D eigenvalue weighted by atomic mass is 16.5. The summed E-state index contributed by atoms with van der Waals surface area (Å²) in [6.45, 7) is 4.02. The smallest absolute Gasteiger partial charge is 0.338 e. The Kier molecular flexibility index (Phi) is 3.64. The first-order valence-corrected chi connectivity index (χ1v) is 8.47. The standard InChI is InChI=1S/C19H23NO3/c1-22-17-4-2-3-14-15(17)5-6-16(14)18(21)23-13-19-7-10-20(11-8-19)12-9-19/h2-4,6H,5,7-13H2,1H3. The number of esters is 1. The molecule has 0 amide bonds. The normalized spacial score (nSPS) is 28.2. The fourth-order valence-corrected chi connectivity index (χ4v) is 4.14. The second kappa shape index (κ2) is 5.68. The molecule has 0 atom stereocenters. The van der Waals surface area contributed by atoms with Crippen LogP contribution in [0.5, 0.6) is 5.75 Å². The minimum Gasteiger partial charge on any atom is -0.496 e. The third kappa shape index (κ3) is 2.55. The van der Waals surface area contributed by atoms with Crippen molar-refractivity contribution in [1.29, 1.82) is 0 Å². The molecule has 0 radical (unpaired) electrons. The Morgan fingerprint density at radius 3 is 2.65 bits per heavy atom. The number of fused-ring (bicyclic) bond motifs is 4. The van der Waals surface area contributed by atoms with Crippen LogP contribution in [0.15, 0.2) is 24.3 Å². The number of hydrogen-bond acceptors (Lipinski definition) is 4. The maximum Gasteiger partial charge on any atom is 0.338 e. The fraction of sp³-hybridized carbons (Fsp3) is 0.526. The van der Waals surface area contributed by atoms with Crippen molar-refractivity contribution in [2.24, 2.45) is 5.41 Å². The third-order valence-corrected chi connectivity index (χ3v) is 5.76. The number of methoxy groups -OCH3 is 1. The number of ether oxygens (including phenoxy) is 2. The van der Waals surface area contributed by atoms with Crippen LogP contribution >= 0.6 is 0 Å². The summed E-state index contributed by atoms with van der Waals surface area (Å²) in [7, 11) is 1.67. The average Bonchev–Trinajstić information content (AvgIpc) is 3.05. The predicted octanol–water partition coefficient (Wildman–Crippen LogP) is 2.66. The van der Waals surface area contributed by atoms with Crippen molar-refractivity contribution < 1.29 is 14.3 Å². The summed E-state index contributed by atoms with van der Waals surface area (Å²) in [5.74, 6) is 0.666. The molecule has 3 saturated heterocycles. The summed E-state index contributed by atoms with van der Waals surface area (Å²) < 4.78 is 11.1. The molecule has 4 heteroatoms. The predicted molar refractivity (Wildman–Crippen MR) is 88.4 cm³/mol. The molecule has 0 saturated carbocycles. The van der Waals surface area contributed by atoms with Gasteiger partial charge in [0.2, 0.25) is 0 Å². The Hall–Kier alpha value is -1.81. The van der Waals surface area contributed by atoms with Crippen molar-refractivity contribution >= 4 is 11.5 Å². The van der Waals surface area contributed by atoms with E-state index in [0.717, 1.165) is 62.2 Å². The Morgan fingerprint density at radius 1 is 1.22 bits per heavy atom. The number of carbonyl (C=O) groups is 1. The quantitative estimate of drug-likeness (QED) is 0.801. The van der Waals surface area contributed by atoms with Crippen LogP contribution in [0.4, 0.5) is 0 Å². The van der Waals surface area contributed by atoms with Crippen LogP contribution < -0.4 is 4.74 Å². The number of carbonyl (C=O) groups excluding carboxylic acids is 1. The molecule has 23 heavy (non-hydrogen) atoms. The van der Waals surface area contributed by atoms with Crippen LogP contribution in [0.1, 0.15) is 30.4 Å². The molecule has 5 rings (SSSR count). The highest BCUT2D eigenvalue weighted by Crippen LogP contribution is 2.41. The van der Waals surface area contributed by atoms with E-state index in [-0.39, 0.29) is 11.4 Å². The summed E-state index contributed by atoms with van der Waals surface area (Å²) in [5.41, 5.74) is 2.97. The highest BCUT2D eigenvalue weighted by molar-refractivity contribution is 6.18. The topological polar surface area (TPSA) is 38.8 Å². The lowest BCUT2D eigenvalue weighted by molar-refractivity contribution is -0.143. The molecule has 1 aliphatic carbocycles. The molecule has 0 spiro atoms. The van der Waals surface area contributed by atoms with E-state index < -0.39 is 0 Å². The van der Waals surface area contributed by atoms with Gasteiger partial charge in [0, 0.05) is 11.0 Å². The second-order valence-corrected chi connectivity index (χ2v) is 6.98. The Labute approximate surface area is 137 Å². The molecule has 3 heterocycles. The van der Waals surface area contributed by atoms with Gasteiger partial charge in [-0.3, -0.25) is 0 Å². The van der Waals surface area contributed by atoms with Gasteiger partial charge in [-0.25, -0.2) is 4.79 Å². The number of piperidine rings is 3. The number of nitrogens with zero attached hydrogens (tertiary/aromatic N) is 1. The van der Waals surface area contributed by atoms with Gasteiger partial charge in [0.15, 0.2) is 0 Å². The Balaban J connectivity index is 1.45. The van der Waals surface area contributed by atoms with Gasteiger partial charge in [-0.05, 0) is 56.9 Å². The van der Waals surface area contributed by atoms with Gasteiger partial charge in [-0.2, -0.15) is 0 Å². The average molecular weight is 313 g/mol. The first kappa shape index (κ1) is 14.8.